The Balaban J connectivity index is 1.69. The molecule has 1 fully saturated rings. The first-order valence-electron chi connectivity index (χ1n) is 10.6. The van der Waals surface area contributed by atoms with E-state index in [4.69, 9.17) is 32.7 Å². The largest absolute Gasteiger partial charge is 0.497 e. The normalized spacial score (nSPS) is 17.9. The van der Waals surface area contributed by atoms with E-state index in [1.54, 1.807) is 38.5 Å². The molecule has 2 unspecified atom stereocenters. The maximum atomic E-state index is 13.0. The summed E-state index contributed by atoms with van der Waals surface area (Å²) in [6, 6.07) is 9.79. The van der Waals surface area contributed by atoms with E-state index in [9.17, 15) is 13.2 Å². The van der Waals surface area contributed by atoms with Gasteiger partial charge in [0, 0.05) is 28.7 Å². The quantitative estimate of drug-likeness (QED) is 0.563. The van der Waals surface area contributed by atoms with Crippen LogP contribution >= 0.6 is 23.2 Å². The second-order valence-electron chi connectivity index (χ2n) is 8.03. The van der Waals surface area contributed by atoms with Crippen LogP contribution in [0.2, 0.25) is 10.0 Å². The van der Waals surface area contributed by atoms with E-state index in [0.717, 1.165) is 5.56 Å². The summed E-state index contributed by atoms with van der Waals surface area (Å²) < 4.78 is 38.1. The first kappa shape index (κ1) is 25.6. The molecule has 7 nitrogen and oxygen atoms in total. The summed E-state index contributed by atoms with van der Waals surface area (Å²) in [5.74, 6) is 0.401. The van der Waals surface area contributed by atoms with E-state index >= 15 is 0 Å². The van der Waals surface area contributed by atoms with Crippen LogP contribution in [0.3, 0.4) is 0 Å². The summed E-state index contributed by atoms with van der Waals surface area (Å²) in [5, 5.41) is 3.74. The second kappa shape index (κ2) is 11.0. The van der Waals surface area contributed by atoms with E-state index in [1.165, 1.54) is 10.4 Å². The van der Waals surface area contributed by atoms with Gasteiger partial charge in [-0.25, -0.2) is 12.7 Å². The van der Waals surface area contributed by atoms with E-state index in [1.807, 2.05) is 13.0 Å². The highest BCUT2D eigenvalue weighted by atomic mass is 35.5. The molecule has 2 atom stereocenters. The van der Waals surface area contributed by atoms with Crippen LogP contribution < -0.4 is 14.8 Å². The zero-order valence-electron chi connectivity index (χ0n) is 18.8. The number of ether oxygens (including phenoxy) is 2. The Morgan fingerprint density at radius 1 is 1.18 bits per heavy atom. The first-order valence-corrected chi connectivity index (χ1v) is 12.9. The molecular weight excluding hydrogens is 487 g/mol. The van der Waals surface area contributed by atoms with E-state index in [2.05, 4.69) is 5.32 Å². The lowest BCUT2D eigenvalue weighted by atomic mass is 9.97. The molecule has 0 spiro atoms. The lowest BCUT2D eigenvalue weighted by molar-refractivity contribution is -0.126. The van der Waals surface area contributed by atoms with Gasteiger partial charge < -0.3 is 14.8 Å². The number of piperidine rings is 1. The summed E-state index contributed by atoms with van der Waals surface area (Å²) >= 11 is 12.1. The summed E-state index contributed by atoms with van der Waals surface area (Å²) in [7, 11) is -0.511. The summed E-state index contributed by atoms with van der Waals surface area (Å²) in [5.41, 5.74) is 1.26. The topological polar surface area (TPSA) is 84.9 Å². The van der Waals surface area contributed by atoms with Gasteiger partial charge in [0.05, 0.1) is 31.9 Å². The fourth-order valence-electron chi connectivity index (χ4n) is 3.92. The molecule has 3 rings (SSSR count). The van der Waals surface area contributed by atoms with Crippen molar-refractivity contribution in [3.05, 3.63) is 57.6 Å². The minimum absolute atomic E-state index is 0.126. The fourth-order valence-corrected chi connectivity index (χ4v) is 6.12. The van der Waals surface area contributed by atoms with Crippen molar-refractivity contribution in [2.45, 2.75) is 31.6 Å². The van der Waals surface area contributed by atoms with Gasteiger partial charge in [0.2, 0.25) is 15.9 Å². The molecule has 2 aromatic carbocycles. The highest BCUT2D eigenvalue weighted by Gasteiger charge is 2.33. The number of benzene rings is 2. The molecule has 1 N–H and O–H groups in total. The van der Waals surface area contributed by atoms with Crippen LogP contribution in [-0.2, 0) is 20.6 Å². The number of sulfonamides is 1. The predicted octanol–water partition coefficient (Wildman–Crippen LogP) is 4.43. The smallest absolute Gasteiger partial charge is 0.224 e. The number of nitrogens with zero attached hydrogens (tertiary/aromatic N) is 1. The van der Waals surface area contributed by atoms with Crippen LogP contribution in [-0.4, -0.2) is 45.9 Å². The number of halogens is 2. The lowest BCUT2D eigenvalue weighted by Gasteiger charge is -2.32. The molecule has 1 aliphatic heterocycles. The van der Waals surface area contributed by atoms with Gasteiger partial charge in [-0.15, -0.1) is 0 Å². The number of carbonyl (C=O) groups is 1. The Bertz CT molecular complexity index is 1110. The van der Waals surface area contributed by atoms with Crippen molar-refractivity contribution in [1.82, 2.24) is 9.62 Å². The molecular formula is C23H28Cl2N2O5S. The Labute approximate surface area is 205 Å². The SMILES string of the molecule is COc1ccc(OC)c(C(C)NC(=O)C2CCCN(S(=O)(=O)Cc3ccc(Cl)cc3Cl)C2)c1. The molecule has 0 aromatic heterocycles. The molecule has 33 heavy (non-hydrogen) atoms. The molecule has 0 aliphatic carbocycles. The van der Waals surface area contributed by atoms with Gasteiger partial charge >= 0.3 is 0 Å². The molecule has 0 bridgehead atoms. The number of carbonyl (C=O) groups excluding carboxylic acids is 1. The summed E-state index contributed by atoms with van der Waals surface area (Å²) in [6.45, 7) is 2.35. The highest BCUT2D eigenvalue weighted by Crippen LogP contribution is 2.30. The maximum absolute atomic E-state index is 13.0. The lowest BCUT2D eigenvalue weighted by Crippen LogP contribution is -2.46. The van der Waals surface area contributed by atoms with Crippen molar-refractivity contribution in [3.8, 4) is 11.5 Å². The van der Waals surface area contributed by atoms with Crippen LogP contribution in [0, 0.1) is 5.92 Å². The van der Waals surface area contributed by atoms with Crippen molar-refractivity contribution in [2.75, 3.05) is 27.3 Å². The zero-order chi connectivity index (χ0) is 24.2. The standard InChI is InChI=1S/C23H28Cl2N2O5S/c1-15(20-12-19(31-2)8-9-22(20)32-3)26-23(28)16-5-4-10-27(13-16)33(29,30)14-17-6-7-18(24)11-21(17)25/h6-9,11-12,15-16H,4-5,10,13-14H2,1-3H3,(H,26,28). The van der Waals surface area contributed by atoms with Gasteiger partial charge in [-0.1, -0.05) is 29.3 Å². The minimum Gasteiger partial charge on any atom is -0.497 e. The zero-order valence-corrected chi connectivity index (χ0v) is 21.1. The molecule has 1 saturated heterocycles. The molecule has 0 saturated carbocycles. The van der Waals surface area contributed by atoms with Gasteiger partial charge in [0.25, 0.3) is 0 Å². The molecule has 0 radical (unpaired) electrons. The van der Waals surface area contributed by atoms with Crippen molar-refractivity contribution in [3.63, 3.8) is 0 Å². The van der Waals surface area contributed by atoms with Crippen molar-refractivity contribution in [2.24, 2.45) is 5.92 Å². The fraction of sp³-hybridized carbons (Fsp3) is 0.435. The molecule has 1 aliphatic rings. The predicted molar refractivity (Wildman–Crippen MR) is 129 cm³/mol. The summed E-state index contributed by atoms with van der Waals surface area (Å²) in [4.78, 5) is 13.0. The van der Waals surface area contributed by atoms with Crippen LogP contribution in [0.15, 0.2) is 36.4 Å². The molecule has 10 heteroatoms. The van der Waals surface area contributed by atoms with Gasteiger partial charge in [-0.3, -0.25) is 4.79 Å². The van der Waals surface area contributed by atoms with Gasteiger partial charge in [0.15, 0.2) is 0 Å². The number of hydrogen-bond donors (Lipinski definition) is 1. The molecule has 1 heterocycles. The van der Waals surface area contributed by atoms with Crippen LogP contribution in [0.5, 0.6) is 11.5 Å². The number of nitrogens with one attached hydrogen (secondary N) is 1. The average molecular weight is 515 g/mol. The van der Waals surface area contributed by atoms with Crippen LogP contribution in [0.25, 0.3) is 0 Å². The van der Waals surface area contributed by atoms with E-state index in [0.29, 0.717) is 46.5 Å². The van der Waals surface area contributed by atoms with E-state index < -0.39 is 15.9 Å². The second-order valence-corrected chi connectivity index (χ2v) is 10.8. The molecule has 1 amide bonds. The first-order chi connectivity index (χ1) is 15.6. The van der Waals surface area contributed by atoms with Crippen LogP contribution in [0.4, 0.5) is 0 Å². The summed E-state index contributed by atoms with van der Waals surface area (Å²) in [6.07, 6.45) is 1.21. The van der Waals surface area contributed by atoms with Crippen molar-refractivity contribution >= 4 is 39.1 Å². The highest BCUT2D eigenvalue weighted by molar-refractivity contribution is 7.88. The van der Waals surface area contributed by atoms with Gasteiger partial charge in [0.1, 0.15) is 11.5 Å². The third-order valence-corrected chi connectivity index (χ3v) is 8.14. The van der Waals surface area contributed by atoms with Gasteiger partial charge in [-0.05, 0) is 55.7 Å². The Kier molecular flexibility index (Phi) is 8.50. The minimum atomic E-state index is -3.65. The third-order valence-electron chi connectivity index (χ3n) is 5.76. The monoisotopic (exact) mass is 514 g/mol. The molecule has 2 aromatic rings. The van der Waals surface area contributed by atoms with Gasteiger partial charge in [-0.2, -0.15) is 0 Å². The van der Waals surface area contributed by atoms with E-state index in [-0.39, 0.29) is 24.2 Å². The van der Waals surface area contributed by atoms with Crippen molar-refractivity contribution < 1.29 is 22.7 Å². The number of rotatable bonds is 8. The Morgan fingerprint density at radius 2 is 1.94 bits per heavy atom. The molecule has 180 valence electrons. The number of methoxy groups -OCH3 is 2. The Hall–Kier alpha value is -2.00. The van der Waals surface area contributed by atoms with Crippen molar-refractivity contribution in [1.29, 1.82) is 0 Å². The number of amides is 1. The maximum Gasteiger partial charge on any atom is 0.224 e. The van der Waals surface area contributed by atoms with Crippen LogP contribution in [0.1, 0.15) is 36.9 Å². The average Bonchev–Trinajstić information content (AvgIpc) is 2.80. The third kappa shape index (κ3) is 6.32. The Morgan fingerprint density at radius 3 is 2.61 bits per heavy atom. The number of hydrogen-bond acceptors (Lipinski definition) is 5.